The first-order valence-electron chi connectivity index (χ1n) is 10.5. The second-order valence-corrected chi connectivity index (χ2v) is 11.0. The van der Waals surface area contributed by atoms with Gasteiger partial charge in [0.15, 0.2) is 21.5 Å². The number of nitrogens with two attached hydrogens (primary N) is 1. The standard InChI is InChI=1S/C22H22N6O4S2/c1-34(30,31)15-4-2-13(3-5-15)18(29)17-10-16-19(33-17)21(28-6-8-32-9-7-28)27-20(26-16)14-11-24-22(23)25-12-14/h2-5,10-12,18,29H,6-9H2,1H3,(H2,23,24,25). The summed E-state index contributed by atoms with van der Waals surface area (Å²) in [5.41, 5.74) is 7.54. The molecule has 176 valence electrons. The SMILES string of the molecule is CS(=O)(=O)c1ccc(C(O)c2cc3nc(-c4cnc(N)nc4)nc(N4CCOCC4)c3s2)cc1. The average molecular weight is 499 g/mol. The van der Waals surface area contributed by atoms with Gasteiger partial charge in [-0.05, 0) is 23.8 Å². The number of fused-ring (bicyclic) bond motifs is 1. The molecule has 1 unspecified atom stereocenters. The van der Waals surface area contributed by atoms with Gasteiger partial charge in [-0.1, -0.05) is 12.1 Å². The van der Waals surface area contributed by atoms with Gasteiger partial charge in [0.1, 0.15) is 6.10 Å². The van der Waals surface area contributed by atoms with Crippen molar-refractivity contribution >= 4 is 43.2 Å². The third-order valence-corrected chi connectivity index (χ3v) is 7.81. The van der Waals surface area contributed by atoms with Gasteiger partial charge in [-0.3, -0.25) is 0 Å². The fourth-order valence-electron chi connectivity index (χ4n) is 3.70. The molecule has 4 aromatic rings. The Morgan fingerprint density at radius 1 is 1.12 bits per heavy atom. The van der Waals surface area contributed by atoms with Crippen molar-refractivity contribution in [2.24, 2.45) is 0 Å². The maximum Gasteiger partial charge on any atom is 0.219 e. The Bertz CT molecular complexity index is 1430. The molecule has 34 heavy (non-hydrogen) atoms. The molecule has 1 fully saturated rings. The minimum absolute atomic E-state index is 0.168. The Morgan fingerprint density at radius 2 is 1.79 bits per heavy atom. The van der Waals surface area contributed by atoms with Crippen molar-refractivity contribution in [3.8, 4) is 11.4 Å². The number of nitrogen functional groups attached to an aromatic ring is 1. The third kappa shape index (κ3) is 4.44. The first-order valence-corrected chi connectivity index (χ1v) is 13.2. The molecule has 0 aliphatic carbocycles. The summed E-state index contributed by atoms with van der Waals surface area (Å²) in [4.78, 5) is 20.6. The van der Waals surface area contributed by atoms with E-state index in [9.17, 15) is 13.5 Å². The zero-order chi connectivity index (χ0) is 23.9. The topological polar surface area (TPSA) is 144 Å². The highest BCUT2D eigenvalue weighted by Gasteiger charge is 2.23. The molecule has 0 saturated carbocycles. The Labute approximate surface area is 200 Å². The van der Waals surface area contributed by atoms with Gasteiger partial charge in [-0.15, -0.1) is 11.3 Å². The van der Waals surface area contributed by atoms with E-state index in [-0.39, 0.29) is 10.8 Å². The summed E-state index contributed by atoms with van der Waals surface area (Å²) in [6.45, 7) is 2.57. The molecule has 1 atom stereocenters. The lowest BCUT2D eigenvalue weighted by molar-refractivity contribution is 0.122. The molecule has 0 radical (unpaired) electrons. The summed E-state index contributed by atoms with van der Waals surface area (Å²) in [6, 6.07) is 8.08. The molecule has 12 heteroatoms. The highest BCUT2D eigenvalue weighted by Crippen LogP contribution is 2.38. The van der Waals surface area contributed by atoms with Crippen LogP contribution in [0.4, 0.5) is 11.8 Å². The molecule has 0 spiro atoms. The maximum absolute atomic E-state index is 11.8. The molecule has 10 nitrogen and oxygen atoms in total. The Hall–Kier alpha value is -3.19. The summed E-state index contributed by atoms with van der Waals surface area (Å²) >= 11 is 1.41. The van der Waals surface area contributed by atoms with E-state index >= 15 is 0 Å². The van der Waals surface area contributed by atoms with Crippen LogP contribution in [0.5, 0.6) is 0 Å². The van der Waals surface area contributed by atoms with Gasteiger partial charge < -0.3 is 20.5 Å². The van der Waals surface area contributed by atoms with Crippen LogP contribution >= 0.6 is 11.3 Å². The van der Waals surface area contributed by atoms with Gasteiger partial charge >= 0.3 is 0 Å². The van der Waals surface area contributed by atoms with E-state index in [1.807, 2.05) is 6.07 Å². The summed E-state index contributed by atoms with van der Waals surface area (Å²) in [5, 5.41) is 11.0. The number of benzene rings is 1. The average Bonchev–Trinajstić information content (AvgIpc) is 3.28. The van der Waals surface area contributed by atoms with Gasteiger partial charge in [0, 0.05) is 36.6 Å². The lowest BCUT2D eigenvalue weighted by atomic mass is 10.1. The number of nitrogens with zero attached hydrogens (tertiary/aromatic N) is 5. The minimum atomic E-state index is -3.31. The molecule has 3 N–H and O–H groups in total. The van der Waals surface area contributed by atoms with Gasteiger partial charge in [-0.25, -0.2) is 28.4 Å². The smallest absolute Gasteiger partial charge is 0.219 e. The maximum atomic E-state index is 11.8. The molecule has 4 heterocycles. The molecule has 0 bridgehead atoms. The van der Waals surface area contributed by atoms with Crippen LogP contribution in [0.1, 0.15) is 16.5 Å². The minimum Gasteiger partial charge on any atom is -0.383 e. The highest BCUT2D eigenvalue weighted by molar-refractivity contribution is 7.90. The predicted molar refractivity (Wildman–Crippen MR) is 129 cm³/mol. The van der Waals surface area contributed by atoms with E-state index in [1.165, 1.54) is 23.5 Å². The number of sulfone groups is 1. The number of anilines is 2. The second-order valence-electron chi connectivity index (χ2n) is 7.91. The number of rotatable bonds is 5. The van der Waals surface area contributed by atoms with Crippen molar-refractivity contribution in [2.75, 3.05) is 43.2 Å². The second kappa shape index (κ2) is 8.87. The van der Waals surface area contributed by atoms with Crippen LogP contribution in [0.2, 0.25) is 0 Å². The Morgan fingerprint density at radius 3 is 2.44 bits per heavy atom. The normalized spacial score (nSPS) is 15.5. The van der Waals surface area contributed by atoms with E-state index in [0.717, 1.165) is 16.8 Å². The predicted octanol–water partition coefficient (Wildman–Crippen LogP) is 2.05. The van der Waals surface area contributed by atoms with Crippen molar-refractivity contribution in [2.45, 2.75) is 11.0 Å². The van der Waals surface area contributed by atoms with Crippen molar-refractivity contribution < 1.29 is 18.3 Å². The fraction of sp³-hybridized carbons (Fsp3) is 0.273. The summed E-state index contributed by atoms with van der Waals surface area (Å²) < 4.78 is 29.9. The summed E-state index contributed by atoms with van der Waals surface area (Å²) in [5.74, 6) is 1.39. The van der Waals surface area contributed by atoms with Crippen molar-refractivity contribution in [3.63, 3.8) is 0 Å². The molecule has 3 aromatic heterocycles. The first kappa shape index (κ1) is 22.6. The van der Waals surface area contributed by atoms with Crippen LogP contribution in [0, 0.1) is 0 Å². The van der Waals surface area contributed by atoms with Crippen LogP contribution < -0.4 is 10.6 Å². The number of thiophene rings is 1. The lowest BCUT2D eigenvalue weighted by Crippen LogP contribution is -2.36. The molecule has 0 amide bonds. The molecule has 1 saturated heterocycles. The van der Waals surface area contributed by atoms with E-state index in [4.69, 9.17) is 20.4 Å². The van der Waals surface area contributed by atoms with E-state index in [0.29, 0.717) is 53.6 Å². The Kier molecular flexibility index (Phi) is 5.90. The quantitative estimate of drug-likeness (QED) is 0.419. The number of aliphatic hydroxyl groups is 1. The first-order chi connectivity index (χ1) is 16.3. The monoisotopic (exact) mass is 498 g/mol. The number of morpholine rings is 1. The zero-order valence-corrected chi connectivity index (χ0v) is 19.9. The largest absolute Gasteiger partial charge is 0.383 e. The van der Waals surface area contributed by atoms with Crippen LogP contribution in [0.25, 0.3) is 21.6 Å². The summed E-state index contributed by atoms with van der Waals surface area (Å²) in [7, 11) is -3.31. The van der Waals surface area contributed by atoms with Gasteiger partial charge in [0.05, 0.1) is 33.9 Å². The lowest BCUT2D eigenvalue weighted by Gasteiger charge is -2.28. The van der Waals surface area contributed by atoms with Crippen LogP contribution in [0.3, 0.4) is 0 Å². The number of aromatic nitrogens is 4. The zero-order valence-electron chi connectivity index (χ0n) is 18.2. The van der Waals surface area contributed by atoms with Crippen molar-refractivity contribution in [1.82, 2.24) is 19.9 Å². The van der Waals surface area contributed by atoms with E-state index in [2.05, 4.69) is 14.9 Å². The van der Waals surface area contributed by atoms with E-state index < -0.39 is 15.9 Å². The molecule has 1 aliphatic heterocycles. The fourth-order valence-corrected chi connectivity index (χ4v) is 5.46. The molecule has 1 aliphatic rings. The summed E-state index contributed by atoms with van der Waals surface area (Å²) in [6.07, 6.45) is 3.38. The Balaban J connectivity index is 1.58. The number of hydrogen-bond donors (Lipinski definition) is 2. The molecular weight excluding hydrogens is 476 g/mol. The van der Waals surface area contributed by atoms with Crippen molar-refractivity contribution in [1.29, 1.82) is 0 Å². The number of hydrogen-bond acceptors (Lipinski definition) is 11. The van der Waals surface area contributed by atoms with E-state index in [1.54, 1.807) is 24.5 Å². The molecular formula is C22H22N6O4S2. The molecule has 1 aromatic carbocycles. The van der Waals surface area contributed by atoms with Gasteiger partial charge in [0.25, 0.3) is 0 Å². The molecule has 5 rings (SSSR count). The van der Waals surface area contributed by atoms with Crippen molar-refractivity contribution in [3.05, 3.63) is 53.2 Å². The van der Waals surface area contributed by atoms with Crippen LogP contribution in [-0.4, -0.2) is 66.0 Å². The van der Waals surface area contributed by atoms with Gasteiger partial charge in [0.2, 0.25) is 5.95 Å². The van der Waals surface area contributed by atoms with Crippen LogP contribution in [0.15, 0.2) is 47.6 Å². The van der Waals surface area contributed by atoms with Gasteiger partial charge in [-0.2, -0.15) is 0 Å². The van der Waals surface area contributed by atoms with Crippen LogP contribution in [-0.2, 0) is 14.6 Å². The number of aliphatic hydroxyl groups excluding tert-OH is 1. The third-order valence-electron chi connectivity index (χ3n) is 5.51. The highest BCUT2D eigenvalue weighted by atomic mass is 32.2. The number of ether oxygens (including phenoxy) is 1.